The van der Waals surface area contributed by atoms with Gasteiger partial charge in [-0.05, 0) is 54.3 Å². The Hall–Kier alpha value is -3.45. The molecule has 0 saturated carbocycles. The lowest BCUT2D eigenvalue weighted by Gasteiger charge is -2.37. The Morgan fingerprint density at radius 1 is 1.05 bits per heavy atom. The standard InChI is InChI=1S/C31H31ClFNO4/c1-19-8-5-6-9-23(19)24-10-7-13-31(29(24)32,28-14-20(2)25(18-36)30(34-28)38-4)16-26(33)21-11-12-22(17-35)27(15-21)37-3/h5-16,29,35-36H,17-18H2,1-4H3/b26-16-. The first kappa shape index (κ1) is 27.6. The Balaban J connectivity index is 1.95. The van der Waals surface area contributed by atoms with Crippen molar-refractivity contribution in [3.8, 4) is 11.6 Å². The number of ether oxygens (including phenoxy) is 2. The summed E-state index contributed by atoms with van der Waals surface area (Å²) < 4.78 is 27.0. The minimum Gasteiger partial charge on any atom is -0.496 e. The van der Waals surface area contributed by atoms with Crippen LogP contribution in [0.5, 0.6) is 11.6 Å². The van der Waals surface area contributed by atoms with E-state index in [9.17, 15) is 10.2 Å². The average Bonchev–Trinajstić information content (AvgIpc) is 2.93. The molecule has 1 aromatic heterocycles. The van der Waals surface area contributed by atoms with Crippen molar-refractivity contribution < 1.29 is 24.1 Å². The first-order valence-electron chi connectivity index (χ1n) is 12.2. The van der Waals surface area contributed by atoms with Crippen molar-refractivity contribution in [2.24, 2.45) is 0 Å². The molecular weight excluding hydrogens is 505 g/mol. The highest BCUT2D eigenvalue weighted by atomic mass is 35.5. The molecule has 1 aliphatic rings. The molecule has 4 rings (SSSR count). The van der Waals surface area contributed by atoms with Gasteiger partial charge in [0.15, 0.2) is 0 Å². The fourth-order valence-electron chi connectivity index (χ4n) is 4.84. The predicted molar refractivity (Wildman–Crippen MR) is 149 cm³/mol. The molecule has 0 spiro atoms. The lowest BCUT2D eigenvalue weighted by atomic mass is 9.72. The fourth-order valence-corrected chi connectivity index (χ4v) is 5.28. The molecule has 0 fully saturated rings. The van der Waals surface area contributed by atoms with Crippen LogP contribution < -0.4 is 9.47 Å². The number of methoxy groups -OCH3 is 2. The van der Waals surface area contributed by atoms with Crippen LogP contribution in [0.2, 0.25) is 0 Å². The van der Waals surface area contributed by atoms with Gasteiger partial charge < -0.3 is 19.7 Å². The summed E-state index contributed by atoms with van der Waals surface area (Å²) in [4.78, 5) is 4.71. The Morgan fingerprint density at radius 2 is 1.82 bits per heavy atom. The van der Waals surface area contributed by atoms with Crippen LogP contribution in [0.3, 0.4) is 0 Å². The van der Waals surface area contributed by atoms with Gasteiger partial charge in [-0.25, -0.2) is 9.37 Å². The number of hydrogen-bond acceptors (Lipinski definition) is 5. The number of alkyl halides is 1. The van der Waals surface area contributed by atoms with E-state index in [0.717, 1.165) is 22.3 Å². The number of aliphatic hydroxyl groups excluding tert-OH is 2. The largest absolute Gasteiger partial charge is 0.496 e. The fraction of sp³-hybridized carbons (Fsp3) is 0.258. The van der Waals surface area contributed by atoms with Crippen molar-refractivity contribution in [1.82, 2.24) is 4.98 Å². The number of rotatable bonds is 8. The summed E-state index contributed by atoms with van der Waals surface area (Å²) in [7, 11) is 2.96. The molecular formula is C31H31ClFNO4. The minimum atomic E-state index is -1.20. The molecule has 7 heteroatoms. The molecule has 2 atom stereocenters. The van der Waals surface area contributed by atoms with Crippen molar-refractivity contribution in [2.45, 2.75) is 37.9 Å². The second kappa shape index (κ2) is 11.5. The zero-order valence-electron chi connectivity index (χ0n) is 21.8. The van der Waals surface area contributed by atoms with Gasteiger partial charge in [-0.3, -0.25) is 0 Å². The van der Waals surface area contributed by atoms with Gasteiger partial charge in [0.2, 0.25) is 5.88 Å². The maximum Gasteiger partial charge on any atom is 0.219 e. The quantitative estimate of drug-likeness (QED) is 0.336. The number of nitrogens with zero attached hydrogens (tertiary/aromatic N) is 1. The van der Waals surface area contributed by atoms with Gasteiger partial charge in [-0.1, -0.05) is 54.6 Å². The summed E-state index contributed by atoms with van der Waals surface area (Å²) in [5.74, 6) is 0.111. The second-order valence-corrected chi connectivity index (χ2v) is 9.68. The Bertz CT molecular complexity index is 1430. The topological polar surface area (TPSA) is 71.8 Å². The molecule has 0 aliphatic heterocycles. The summed E-state index contributed by atoms with van der Waals surface area (Å²) in [6.45, 7) is 3.38. The molecule has 38 heavy (non-hydrogen) atoms. The summed E-state index contributed by atoms with van der Waals surface area (Å²) >= 11 is 7.29. The van der Waals surface area contributed by atoms with Crippen molar-refractivity contribution in [2.75, 3.05) is 14.2 Å². The zero-order valence-corrected chi connectivity index (χ0v) is 22.6. The lowest BCUT2D eigenvalue weighted by molar-refractivity contribution is 0.270. The third-order valence-corrected chi connectivity index (χ3v) is 7.60. The number of hydrogen-bond donors (Lipinski definition) is 2. The van der Waals surface area contributed by atoms with Crippen LogP contribution in [-0.4, -0.2) is 34.8 Å². The number of benzene rings is 2. The van der Waals surface area contributed by atoms with Crippen LogP contribution >= 0.6 is 11.6 Å². The van der Waals surface area contributed by atoms with Gasteiger partial charge in [-0.2, -0.15) is 0 Å². The van der Waals surface area contributed by atoms with Gasteiger partial charge >= 0.3 is 0 Å². The molecule has 1 heterocycles. The number of halogens is 2. The molecule has 2 unspecified atom stereocenters. The van der Waals surface area contributed by atoms with E-state index in [1.54, 1.807) is 18.2 Å². The van der Waals surface area contributed by atoms with E-state index in [4.69, 9.17) is 26.1 Å². The summed E-state index contributed by atoms with van der Waals surface area (Å²) in [5, 5.41) is 18.7. The molecule has 0 saturated heterocycles. The summed E-state index contributed by atoms with van der Waals surface area (Å²) in [5.41, 5.74) is 4.24. The highest BCUT2D eigenvalue weighted by molar-refractivity contribution is 6.28. The van der Waals surface area contributed by atoms with E-state index in [1.807, 2.05) is 62.4 Å². The number of pyridine rings is 1. The normalized spacial score (nSPS) is 19.3. The monoisotopic (exact) mass is 535 g/mol. The van der Waals surface area contributed by atoms with Crippen LogP contribution in [0.4, 0.5) is 4.39 Å². The Kier molecular flexibility index (Phi) is 8.36. The molecule has 3 aromatic rings. The van der Waals surface area contributed by atoms with Crippen LogP contribution in [-0.2, 0) is 18.6 Å². The molecule has 1 aliphatic carbocycles. The molecule has 0 bridgehead atoms. The molecule has 0 radical (unpaired) electrons. The first-order chi connectivity index (χ1) is 18.3. The maximum absolute atomic E-state index is 16.1. The van der Waals surface area contributed by atoms with Gasteiger partial charge in [0.05, 0.1) is 43.9 Å². The SMILES string of the molecule is COc1cc(/C(F)=C/C2(c3cc(C)c(CO)c(OC)n3)C=CC=C(c3ccccc3C)C2Cl)ccc1CO. The van der Waals surface area contributed by atoms with E-state index in [1.165, 1.54) is 20.3 Å². The minimum absolute atomic E-state index is 0.226. The van der Waals surface area contributed by atoms with Crippen LogP contribution in [0.1, 0.15) is 39.1 Å². The van der Waals surface area contributed by atoms with Crippen molar-refractivity contribution in [3.63, 3.8) is 0 Å². The Morgan fingerprint density at radius 3 is 2.47 bits per heavy atom. The lowest BCUT2D eigenvalue weighted by Crippen LogP contribution is -2.36. The van der Waals surface area contributed by atoms with E-state index >= 15 is 4.39 Å². The molecule has 2 aromatic carbocycles. The van der Waals surface area contributed by atoms with Gasteiger partial charge in [-0.15, -0.1) is 11.6 Å². The number of allylic oxidation sites excluding steroid dienone is 5. The van der Waals surface area contributed by atoms with E-state index in [0.29, 0.717) is 22.6 Å². The van der Waals surface area contributed by atoms with Crippen molar-refractivity contribution >= 4 is 23.0 Å². The molecule has 0 amide bonds. The number of aromatic nitrogens is 1. The van der Waals surface area contributed by atoms with Crippen LogP contribution in [0.25, 0.3) is 11.4 Å². The molecule has 2 N–H and O–H groups in total. The highest BCUT2D eigenvalue weighted by Crippen LogP contribution is 2.46. The molecule has 5 nitrogen and oxygen atoms in total. The number of aryl methyl sites for hydroxylation is 2. The smallest absolute Gasteiger partial charge is 0.219 e. The molecule has 198 valence electrons. The van der Waals surface area contributed by atoms with E-state index < -0.39 is 16.6 Å². The Labute approximate surface area is 227 Å². The summed E-state index contributed by atoms with van der Waals surface area (Å²) in [6.07, 6.45) is 7.11. The van der Waals surface area contributed by atoms with Gasteiger partial charge in [0, 0.05) is 16.7 Å². The third-order valence-electron chi connectivity index (χ3n) is 7.00. The zero-order chi connectivity index (χ0) is 27.4. The van der Waals surface area contributed by atoms with Crippen LogP contribution in [0, 0.1) is 13.8 Å². The van der Waals surface area contributed by atoms with E-state index in [-0.39, 0.29) is 24.7 Å². The van der Waals surface area contributed by atoms with Crippen molar-refractivity contribution in [3.05, 3.63) is 112 Å². The van der Waals surface area contributed by atoms with Crippen LogP contribution in [0.15, 0.2) is 72.8 Å². The average molecular weight is 536 g/mol. The van der Waals surface area contributed by atoms with Crippen molar-refractivity contribution in [1.29, 1.82) is 0 Å². The predicted octanol–water partition coefficient (Wildman–Crippen LogP) is 6.21. The van der Waals surface area contributed by atoms with E-state index in [2.05, 4.69) is 0 Å². The highest BCUT2D eigenvalue weighted by Gasteiger charge is 2.42. The summed E-state index contributed by atoms with van der Waals surface area (Å²) in [6, 6.07) is 14.5. The second-order valence-electron chi connectivity index (χ2n) is 9.24. The third kappa shape index (κ3) is 4.99. The first-order valence-corrected chi connectivity index (χ1v) is 12.6. The maximum atomic E-state index is 16.1. The number of aliphatic hydroxyl groups is 2. The van der Waals surface area contributed by atoms with Gasteiger partial charge in [0.1, 0.15) is 11.6 Å². The van der Waals surface area contributed by atoms with Gasteiger partial charge in [0.25, 0.3) is 0 Å².